The summed E-state index contributed by atoms with van der Waals surface area (Å²) in [7, 11) is 0. The first-order valence-electron chi connectivity index (χ1n) is 10.3. The van der Waals surface area contributed by atoms with Gasteiger partial charge in [0, 0.05) is 40.2 Å². The molecule has 3 heteroatoms. The van der Waals surface area contributed by atoms with E-state index < -0.39 is 0 Å². The second kappa shape index (κ2) is 7.22. The van der Waals surface area contributed by atoms with Gasteiger partial charge >= 0.3 is 0 Å². The summed E-state index contributed by atoms with van der Waals surface area (Å²) in [4.78, 5) is 9.24. The normalized spacial score (nSPS) is 11.2. The fourth-order valence-corrected chi connectivity index (χ4v) is 4.19. The summed E-state index contributed by atoms with van der Waals surface area (Å²) in [5.41, 5.74) is 4.11. The Balaban J connectivity index is 1.64. The summed E-state index contributed by atoms with van der Waals surface area (Å²) in [6, 6.07) is 32.8. The molecular formula is C28H18N2O. The molecule has 31 heavy (non-hydrogen) atoms. The van der Waals surface area contributed by atoms with Crippen LogP contribution in [0.3, 0.4) is 0 Å². The number of fused-ring (bicyclic) bond motifs is 3. The molecule has 0 aliphatic rings. The Labute approximate surface area is 179 Å². The van der Waals surface area contributed by atoms with Crippen molar-refractivity contribution in [2.24, 2.45) is 0 Å². The molecule has 2 heterocycles. The summed E-state index contributed by atoms with van der Waals surface area (Å²) in [6.45, 7) is 0. The molecule has 0 unspecified atom stereocenters. The first-order chi connectivity index (χ1) is 15.4. The molecule has 0 aliphatic carbocycles. The second-order valence-corrected chi connectivity index (χ2v) is 7.48. The van der Waals surface area contributed by atoms with E-state index in [1.807, 2.05) is 48.7 Å². The van der Waals surface area contributed by atoms with Gasteiger partial charge in [-0.3, -0.25) is 9.97 Å². The Morgan fingerprint density at radius 1 is 0.581 bits per heavy atom. The molecule has 0 bridgehead atoms. The number of aromatic nitrogens is 2. The van der Waals surface area contributed by atoms with Gasteiger partial charge in [0.1, 0.15) is 11.5 Å². The van der Waals surface area contributed by atoms with Gasteiger partial charge in [-0.2, -0.15) is 0 Å². The van der Waals surface area contributed by atoms with Gasteiger partial charge in [0.25, 0.3) is 0 Å². The molecule has 0 atom stereocenters. The van der Waals surface area contributed by atoms with Crippen molar-refractivity contribution in [2.75, 3.05) is 0 Å². The van der Waals surface area contributed by atoms with E-state index in [2.05, 4.69) is 59.6 Å². The zero-order valence-electron chi connectivity index (χ0n) is 16.7. The van der Waals surface area contributed by atoms with Gasteiger partial charge < -0.3 is 4.74 Å². The fraction of sp³-hybridized carbons (Fsp3) is 0. The predicted molar refractivity (Wildman–Crippen MR) is 127 cm³/mol. The molecule has 2 aromatic heterocycles. The summed E-state index contributed by atoms with van der Waals surface area (Å²) in [5.74, 6) is 1.57. The number of rotatable bonds is 3. The van der Waals surface area contributed by atoms with Crippen molar-refractivity contribution in [3.05, 3.63) is 109 Å². The molecule has 0 spiro atoms. The fourth-order valence-electron chi connectivity index (χ4n) is 4.19. The molecule has 0 fully saturated rings. The number of ether oxygens (including phenoxy) is 1. The molecule has 6 rings (SSSR count). The Hall–Kier alpha value is -4.24. The highest BCUT2D eigenvalue weighted by molar-refractivity contribution is 6.15. The van der Waals surface area contributed by atoms with Gasteiger partial charge in [0.05, 0.1) is 11.0 Å². The average Bonchev–Trinajstić information content (AvgIpc) is 2.84. The highest BCUT2D eigenvalue weighted by Gasteiger charge is 2.17. The second-order valence-electron chi connectivity index (χ2n) is 7.48. The smallest absolute Gasteiger partial charge is 0.144 e. The van der Waals surface area contributed by atoms with Gasteiger partial charge in [0.15, 0.2) is 0 Å². The third-order valence-electron chi connectivity index (χ3n) is 5.59. The molecule has 3 nitrogen and oxygen atoms in total. The number of hydrogen-bond acceptors (Lipinski definition) is 3. The zero-order valence-corrected chi connectivity index (χ0v) is 16.7. The van der Waals surface area contributed by atoms with Crippen LogP contribution in [0.5, 0.6) is 11.5 Å². The molecule has 6 aromatic rings. The van der Waals surface area contributed by atoms with Gasteiger partial charge in [0.2, 0.25) is 0 Å². The van der Waals surface area contributed by atoms with Gasteiger partial charge in [-0.05, 0) is 41.3 Å². The SMILES string of the molecule is c1ccc(-c2c3ccccc3c(Oc3ccc4cccnc4c3)c3cccnc23)cc1. The lowest BCUT2D eigenvalue weighted by molar-refractivity contribution is 0.494. The zero-order chi connectivity index (χ0) is 20.6. The van der Waals surface area contributed by atoms with Crippen LogP contribution in [0.15, 0.2) is 109 Å². The third-order valence-corrected chi connectivity index (χ3v) is 5.59. The van der Waals surface area contributed by atoms with Crippen LogP contribution in [-0.4, -0.2) is 9.97 Å². The Kier molecular flexibility index (Phi) is 4.10. The van der Waals surface area contributed by atoms with Crippen molar-refractivity contribution in [3.8, 4) is 22.6 Å². The quantitative estimate of drug-likeness (QED) is 0.291. The summed E-state index contributed by atoms with van der Waals surface area (Å²) in [6.07, 6.45) is 3.64. The summed E-state index contributed by atoms with van der Waals surface area (Å²) >= 11 is 0. The number of nitrogens with zero attached hydrogens (tertiary/aromatic N) is 2. The maximum Gasteiger partial charge on any atom is 0.144 e. The Morgan fingerprint density at radius 2 is 1.32 bits per heavy atom. The molecule has 4 aromatic carbocycles. The summed E-state index contributed by atoms with van der Waals surface area (Å²) < 4.78 is 6.52. The van der Waals surface area contributed by atoms with Crippen molar-refractivity contribution in [1.82, 2.24) is 9.97 Å². The first-order valence-corrected chi connectivity index (χ1v) is 10.3. The van der Waals surface area contributed by atoms with Crippen LogP contribution < -0.4 is 4.74 Å². The summed E-state index contributed by atoms with van der Waals surface area (Å²) in [5, 5.41) is 4.25. The lowest BCUT2D eigenvalue weighted by atomic mass is 9.94. The van der Waals surface area contributed by atoms with E-state index in [1.54, 1.807) is 6.20 Å². The lowest BCUT2D eigenvalue weighted by Gasteiger charge is -2.17. The molecule has 0 radical (unpaired) electrons. The standard InChI is InChI=1S/C28H18N2O/c1-2-8-20(9-3-1)26-22-11-4-5-12-23(22)28(24-13-7-17-30-27(24)26)31-21-15-14-19-10-6-16-29-25(19)18-21/h1-18H. The average molecular weight is 398 g/mol. The molecule has 0 N–H and O–H groups in total. The highest BCUT2D eigenvalue weighted by atomic mass is 16.5. The lowest BCUT2D eigenvalue weighted by Crippen LogP contribution is -1.93. The molecule has 0 amide bonds. The monoisotopic (exact) mass is 398 g/mol. The van der Waals surface area contributed by atoms with E-state index in [1.165, 1.54) is 0 Å². The van der Waals surface area contributed by atoms with E-state index >= 15 is 0 Å². The van der Waals surface area contributed by atoms with E-state index in [-0.39, 0.29) is 0 Å². The van der Waals surface area contributed by atoms with Crippen LogP contribution in [0.25, 0.3) is 43.7 Å². The molecular weight excluding hydrogens is 380 g/mol. The van der Waals surface area contributed by atoms with Crippen molar-refractivity contribution < 1.29 is 4.74 Å². The minimum atomic E-state index is 0.758. The Morgan fingerprint density at radius 3 is 2.23 bits per heavy atom. The van der Waals surface area contributed by atoms with Crippen LogP contribution in [-0.2, 0) is 0 Å². The largest absolute Gasteiger partial charge is 0.456 e. The van der Waals surface area contributed by atoms with Crippen molar-refractivity contribution >= 4 is 32.6 Å². The van der Waals surface area contributed by atoms with E-state index in [9.17, 15) is 0 Å². The van der Waals surface area contributed by atoms with Crippen LogP contribution >= 0.6 is 0 Å². The van der Waals surface area contributed by atoms with Crippen LogP contribution in [0.1, 0.15) is 0 Å². The van der Waals surface area contributed by atoms with E-state index in [0.717, 1.165) is 55.2 Å². The van der Waals surface area contributed by atoms with Crippen molar-refractivity contribution in [2.45, 2.75) is 0 Å². The van der Waals surface area contributed by atoms with Crippen LogP contribution in [0.4, 0.5) is 0 Å². The molecule has 0 aliphatic heterocycles. The molecule has 0 saturated heterocycles. The highest BCUT2D eigenvalue weighted by Crippen LogP contribution is 2.43. The van der Waals surface area contributed by atoms with Gasteiger partial charge in [-0.25, -0.2) is 0 Å². The Bertz CT molecular complexity index is 1500. The van der Waals surface area contributed by atoms with Crippen molar-refractivity contribution in [1.29, 1.82) is 0 Å². The van der Waals surface area contributed by atoms with Crippen molar-refractivity contribution in [3.63, 3.8) is 0 Å². The topological polar surface area (TPSA) is 35.0 Å². The maximum atomic E-state index is 6.52. The van der Waals surface area contributed by atoms with Gasteiger partial charge in [-0.15, -0.1) is 0 Å². The van der Waals surface area contributed by atoms with E-state index in [0.29, 0.717) is 0 Å². The number of benzene rings is 4. The first kappa shape index (κ1) is 17.6. The number of hydrogen-bond donors (Lipinski definition) is 0. The van der Waals surface area contributed by atoms with Crippen LogP contribution in [0.2, 0.25) is 0 Å². The minimum Gasteiger partial charge on any atom is -0.456 e. The molecule has 146 valence electrons. The minimum absolute atomic E-state index is 0.758. The van der Waals surface area contributed by atoms with Crippen LogP contribution in [0, 0.1) is 0 Å². The predicted octanol–water partition coefficient (Wildman–Crippen LogP) is 7.40. The molecule has 0 saturated carbocycles. The van der Waals surface area contributed by atoms with Gasteiger partial charge in [-0.1, -0.05) is 60.7 Å². The maximum absolute atomic E-state index is 6.52. The number of pyridine rings is 2. The van der Waals surface area contributed by atoms with E-state index in [4.69, 9.17) is 9.72 Å². The third kappa shape index (κ3) is 2.99.